The van der Waals surface area contributed by atoms with Crippen molar-refractivity contribution in [2.24, 2.45) is 5.73 Å². The maximum atomic E-state index is 13.6. The molecule has 0 aliphatic carbocycles. The minimum absolute atomic E-state index is 0.176. The first kappa shape index (κ1) is 24.2. The minimum Gasteiger partial charge on any atom is -0.496 e. The van der Waals surface area contributed by atoms with Gasteiger partial charge < -0.3 is 25.6 Å². The molecular formula is C19H19BrFN3O7. The highest BCUT2D eigenvalue weighted by atomic mass is 79.9. The van der Waals surface area contributed by atoms with Gasteiger partial charge in [0, 0.05) is 6.07 Å². The van der Waals surface area contributed by atoms with E-state index in [1.807, 2.05) is 0 Å². The zero-order valence-corrected chi connectivity index (χ0v) is 18.0. The van der Waals surface area contributed by atoms with E-state index in [0.717, 1.165) is 25.3 Å². The van der Waals surface area contributed by atoms with Crippen molar-refractivity contribution in [3.63, 3.8) is 0 Å². The Labute approximate surface area is 184 Å². The average molecular weight is 500 g/mol. The Kier molecular flexibility index (Phi) is 8.02. The number of nitrogens with two attached hydrogens (primary N) is 1. The highest BCUT2D eigenvalue weighted by Crippen LogP contribution is 2.28. The summed E-state index contributed by atoms with van der Waals surface area (Å²) >= 11 is 3.28. The molecule has 2 aromatic rings. The van der Waals surface area contributed by atoms with Gasteiger partial charge in [0.05, 0.1) is 23.6 Å². The summed E-state index contributed by atoms with van der Waals surface area (Å²) < 4.78 is 23.8. The van der Waals surface area contributed by atoms with E-state index >= 15 is 0 Å². The Balaban J connectivity index is 2.29. The van der Waals surface area contributed by atoms with Gasteiger partial charge in [0.15, 0.2) is 6.04 Å². The van der Waals surface area contributed by atoms with Crippen LogP contribution in [0.5, 0.6) is 5.75 Å². The first-order chi connectivity index (χ1) is 14.6. The monoisotopic (exact) mass is 499 g/mol. The number of hydrogen-bond acceptors (Lipinski definition) is 8. The molecule has 31 heavy (non-hydrogen) atoms. The van der Waals surface area contributed by atoms with Crippen LogP contribution in [0.4, 0.5) is 10.1 Å². The lowest BCUT2D eigenvalue weighted by molar-refractivity contribution is -0.387. The van der Waals surface area contributed by atoms with Gasteiger partial charge in [-0.3, -0.25) is 14.9 Å². The van der Waals surface area contributed by atoms with Crippen molar-refractivity contribution in [2.45, 2.75) is 18.2 Å². The second-order valence-corrected chi connectivity index (χ2v) is 7.15. The second kappa shape index (κ2) is 10.3. The molecular weight excluding hydrogens is 481 g/mol. The Morgan fingerprint density at radius 1 is 1.23 bits per heavy atom. The summed E-state index contributed by atoms with van der Waals surface area (Å²) in [5, 5.41) is 23.8. The first-order valence-corrected chi connectivity index (χ1v) is 9.49. The van der Waals surface area contributed by atoms with E-state index in [4.69, 9.17) is 10.5 Å². The molecule has 2 rings (SSSR count). The van der Waals surface area contributed by atoms with E-state index in [2.05, 4.69) is 26.0 Å². The number of aliphatic hydroxyl groups is 1. The number of carbonyl (C=O) groups excluding carboxylic acids is 2. The Hall–Kier alpha value is -3.09. The maximum Gasteiger partial charge on any atom is 0.331 e. The van der Waals surface area contributed by atoms with E-state index in [1.165, 1.54) is 7.11 Å². The molecule has 4 N–H and O–H groups in total. The van der Waals surface area contributed by atoms with Gasteiger partial charge in [-0.2, -0.15) is 4.39 Å². The fraction of sp³-hybridized carbons (Fsp3) is 0.263. The van der Waals surface area contributed by atoms with E-state index in [1.54, 1.807) is 18.2 Å². The summed E-state index contributed by atoms with van der Waals surface area (Å²) in [7, 11) is 2.50. The number of halogens is 2. The third kappa shape index (κ3) is 5.54. The molecule has 0 unspecified atom stereocenters. The van der Waals surface area contributed by atoms with Crippen LogP contribution in [-0.4, -0.2) is 42.2 Å². The molecule has 0 fully saturated rings. The van der Waals surface area contributed by atoms with Crippen molar-refractivity contribution in [1.82, 2.24) is 5.32 Å². The number of benzene rings is 2. The van der Waals surface area contributed by atoms with Crippen molar-refractivity contribution in [3.05, 3.63) is 67.9 Å². The lowest BCUT2D eigenvalue weighted by atomic mass is 10.00. The fourth-order valence-corrected chi connectivity index (χ4v) is 3.27. The smallest absolute Gasteiger partial charge is 0.331 e. The van der Waals surface area contributed by atoms with Crippen LogP contribution in [0.25, 0.3) is 0 Å². The number of ether oxygens (including phenoxy) is 2. The molecule has 0 aliphatic rings. The molecule has 0 heterocycles. The van der Waals surface area contributed by atoms with Crippen molar-refractivity contribution in [3.8, 4) is 5.75 Å². The third-order valence-electron chi connectivity index (χ3n) is 4.39. The molecule has 0 bridgehead atoms. The van der Waals surface area contributed by atoms with E-state index in [-0.39, 0.29) is 5.56 Å². The van der Waals surface area contributed by atoms with Crippen LogP contribution in [0.15, 0.2) is 40.9 Å². The zero-order valence-electron chi connectivity index (χ0n) is 16.4. The predicted octanol–water partition coefficient (Wildman–Crippen LogP) is 1.90. The lowest BCUT2D eigenvalue weighted by Gasteiger charge is -2.24. The molecule has 2 aromatic carbocycles. The molecule has 0 saturated heterocycles. The van der Waals surface area contributed by atoms with Crippen molar-refractivity contribution >= 4 is 33.5 Å². The quantitative estimate of drug-likeness (QED) is 0.282. The first-order valence-electron chi connectivity index (χ1n) is 8.69. The van der Waals surface area contributed by atoms with Gasteiger partial charge in [-0.1, -0.05) is 12.1 Å². The van der Waals surface area contributed by atoms with Crippen LogP contribution >= 0.6 is 15.9 Å². The molecule has 10 nitrogen and oxygen atoms in total. The highest BCUT2D eigenvalue weighted by molar-refractivity contribution is 9.10. The van der Waals surface area contributed by atoms with E-state index in [9.17, 15) is 29.2 Å². The molecule has 12 heteroatoms. The Morgan fingerprint density at radius 3 is 2.42 bits per heavy atom. The maximum absolute atomic E-state index is 13.6. The number of esters is 1. The Morgan fingerprint density at radius 2 is 1.87 bits per heavy atom. The number of nitro benzene ring substituents is 1. The standard InChI is InChI=1S/C19H19BrFN3O7/c1-30-14-6-4-9(7-11(14)20)15(22)18(26)23-16(19(27)31-2)17(25)10-3-5-12(21)13(8-10)24(28)29/h3-8,15-17,25H,22H2,1-2H3,(H,23,26)/t15-,16+,17-/m1/s1. The van der Waals surface area contributed by atoms with Crippen LogP contribution in [0, 0.1) is 15.9 Å². The average Bonchev–Trinajstić information content (AvgIpc) is 2.75. The van der Waals surface area contributed by atoms with Crippen LogP contribution in [0.1, 0.15) is 23.3 Å². The molecule has 0 aliphatic heterocycles. The number of rotatable bonds is 8. The number of hydrogen-bond donors (Lipinski definition) is 3. The number of nitro groups is 1. The third-order valence-corrected chi connectivity index (χ3v) is 5.01. The van der Waals surface area contributed by atoms with Gasteiger partial charge in [0.2, 0.25) is 11.7 Å². The second-order valence-electron chi connectivity index (χ2n) is 6.29. The topological polar surface area (TPSA) is 154 Å². The summed E-state index contributed by atoms with van der Waals surface area (Å²) in [5.41, 5.74) is 5.27. The van der Waals surface area contributed by atoms with Crippen LogP contribution in [0.3, 0.4) is 0 Å². The molecule has 0 saturated carbocycles. The van der Waals surface area contributed by atoms with Gasteiger partial charge >= 0.3 is 11.7 Å². The van der Waals surface area contributed by atoms with Gasteiger partial charge in [0.25, 0.3) is 0 Å². The van der Waals surface area contributed by atoms with Crippen molar-refractivity contribution in [2.75, 3.05) is 14.2 Å². The number of amides is 1. The number of nitrogens with one attached hydrogen (secondary N) is 1. The predicted molar refractivity (Wildman–Crippen MR) is 110 cm³/mol. The number of nitrogens with zero attached hydrogens (tertiary/aromatic N) is 1. The molecule has 1 amide bonds. The molecule has 0 radical (unpaired) electrons. The van der Waals surface area contributed by atoms with Crippen LogP contribution in [-0.2, 0) is 14.3 Å². The van der Waals surface area contributed by atoms with Gasteiger partial charge in [-0.25, -0.2) is 4.79 Å². The normalized spacial score (nSPS) is 13.6. The van der Waals surface area contributed by atoms with Gasteiger partial charge in [-0.15, -0.1) is 0 Å². The summed E-state index contributed by atoms with van der Waals surface area (Å²) in [5.74, 6) is -2.47. The summed E-state index contributed by atoms with van der Waals surface area (Å²) in [6.45, 7) is 0. The van der Waals surface area contributed by atoms with Crippen molar-refractivity contribution < 1.29 is 33.5 Å². The molecule has 166 valence electrons. The largest absolute Gasteiger partial charge is 0.496 e. The van der Waals surface area contributed by atoms with E-state index in [0.29, 0.717) is 15.8 Å². The highest BCUT2D eigenvalue weighted by Gasteiger charge is 2.33. The SMILES string of the molecule is COC(=O)[C@@H](NC(=O)[C@H](N)c1ccc(OC)c(Br)c1)[C@H](O)c1ccc(F)c([N+](=O)[O-])c1. The zero-order chi connectivity index (χ0) is 23.3. The molecule has 0 aromatic heterocycles. The lowest BCUT2D eigenvalue weighted by Crippen LogP contribution is -2.48. The van der Waals surface area contributed by atoms with E-state index < -0.39 is 46.5 Å². The Bertz CT molecular complexity index is 1000. The summed E-state index contributed by atoms with van der Waals surface area (Å²) in [6.07, 6.45) is -1.77. The van der Waals surface area contributed by atoms with Gasteiger partial charge in [0.1, 0.15) is 17.9 Å². The van der Waals surface area contributed by atoms with Crippen molar-refractivity contribution in [1.29, 1.82) is 0 Å². The van der Waals surface area contributed by atoms with Gasteiger partial charge in [-0.05, 0) is 45.3 Å². The summed E-state index contributed by atoms with van der Waals surface area (Å²) in [4.78, 5) is 34.8. The van der Waals surface area contributed by atoms with Crippen LogP contribution in [0.2, 0.25) is 0 Å². The number of carbonyl (C=O) groups is 2. The fourth-order valence-electron chi connectivity index (χ4n) is 2.71. The molecule has 3 atom stereocenters. The number of aliphatic hydroxyl groups excluding tert-OH is 1. The number of methoxy groups -OCH3 is 2. The minimum atomic E-state index is -1.77. The molecule has 0 spiro atoms. The summed E-state index contributed by atoms with van der Waals surface area (Å²) in [6, 6.07) is 4.37. The van der Waals surface area contributed by atoms with Crippen LogP contribution < -0.4 is 15.8 Å².